The third-order valence-corrected chi connectivity index (χ3v) is 2.31. The summed E-state index contributed by atoms with van der Waals surface area (Å²) in [7, 11) is 1.86. The molecule has 1 aromatic rings. The Morgan fingerprint density at radius 1 is 1.57 bits per heavy atom. The smallest absolute Gasteiger partial charge is 0.243 e. The van der Waals surface area contributed by atoms with Gasteiger partial charge in [-0.15, -0.1) is 0 Å². The van der Waals surface area contributed by atoms with E-state index in [1.54, 1.807) is 6.07 Å². The van der Waals surface area contributed by atoms with E-state index in [-0.39, 0.29) is 12.5 Å². The first-order chi connectivity index (χ1) is 6.70. The van der Waals surface area contributed by atoms with E-state index in [4.69, 9.17) is 5.11 Å². The van der Waals surface area contributed by atoms with E-state index in [0.717, 1.165) is 16.9 Å². The zero-order valence-corrected chi connectivity index (χ0v) is 7.95. The molecule has 74 valence electrons. The van der Waals surface area contributed by atoms with Crippen molar-refractivity contribution in [3.05, 3.63) is 23.8 Å². The Bertz CT molecular complexity index is 376. The van der Waals surface area contributed by atoms with E-state index in [9.17, 15) is 4.79 Å². The standard InChI is InChI=1S/C10H12N2O2/c1-12-5-10(14)11-8-3-2-7(6-13)4-9(8)12/h2-4,13H,5-6H2,1H3,(H,11,14). The summed E-state index contributed by atoms with van der Waals surface area (Å²) < 4.78 is 0. The largest absolute Gasteiger partial charge is 0.392 e. The van der Waals surface area contributed by atoms with Gasteiger partial charge in [0.15, 0.2) is 0 Å². The van der Waals surface area contributed by atoms with Crippen molar-refractivity contribution >= 4 is 17.3 Å². The van der Waals surface area contributed by atoms with Gasteiger partial charge in [-0.25, -0.2) is 0 Å². The quantitative estimate of drug-likeness (QED) is 0.684. The first kappa shape index (κ1) is 9.02. The number of carbonyl (C=O) groups is 1. The highest BCUT2D eigenvalue weighted by Gasteiger charge is 2.18. The number of fused-ring (bicyclic) bond motifs is 1. The molecule has 1 aliphatic rings. The highest BCUT2D eigenvalue weighted by molar-refractivity contribution is 6.01. The SMILES string of the molecule is CN1CC(=O)Nc2ccc(CO)cc21. The topological polar surface area (TPSA) is 52.6 Å². The van der Waals surface area contributed by atoms with Gasteiger partial charge < -0.3 is 15.3 Å². The summed E-state index contributed by atoms with van der Waals surface area (Å²) in [6.45, 7) is 0.386. The Labute approximate surface area is 82.2 Å². The molecule has 0 aromatic heterocycles. The van der Waals surface area contributed by atoms with Crippen molar-refractivity contribution in [3.8, 4) is 0 Å². The number of benzene rings is 1. The summed E-state index contributed by atoms with van der Waals surface area (Å²) in [4.78, 5) is 13.1. The third-order valence-electron chi connectivity index (χ3n) is 2.31. The predicted molar refractivity (Wildman–Crippen MR) is 54.3 cm³/mol. The van der Waals surface area contributed by atoms with Gasteiger partial charge in [-0.05, 0) is 17.7 Å². The molecule has 0 fully saturated rings. The summed E-state index contributed by atoms with van der Waals surface area (Å²) in [5.41, 5.74) is 2.61. The van der Waals surface area contributed by atoms with Crippen LogP contribution >= 0.6 is 0 Å². The van der Waals surface area contributed by atoms with Gasteiger partial charge >= 0.3 is 0 Å². The van der Waals surface area contributed by atoms with Crippen molar-refractivity contribution < 1.29 is 9.90 Å². The molecule has 1 aromatic carbocycles. The summed E-state index contributed by atoms with van der Waals surface area (Å²) >= 11 is 0. The number of rotatable bonds is 1. The molecule has 0 unspecified atom stereocenters. The summed E-state index contributed by atoms with van der Waals surface area (Å²) in [6, 6.07) is 5.50. The predicted octanol–water partition coefficient (Wildman–Crippen LogP) is 0.567. The number of likely N-dealkylation sites (N-methyl/N-ethyl adjacent to an activating group) is 1. The maximum Gasteiger partial charge on any atom is 0.243 e. The van der Waals surface area contributed by atoms with Gasteiger partial charge in [0.2, 0.25) is 5.91 Å². The van der Waals surface area contributed by atoms with Crippen LogP contribution < -0.4 is 10.2 Å². The molecule has 14 heavy (non-hydrogen) atoms. The number of aliphatic hydroxyl groups is 1. The van der Waals surface area contributed by atoms with Crippen molar-refractivity contribution in [2.75, 3.05) is 23.8 Å². The van der Waals surface area contributed by atoms with Crippen LogP contribution in [0.25, 0.3) is 0 Å². The minimum absolute atomic E-state index is 0.00301. The van der Waals surface area contributed by atoms with E-state index in [1.165, 1.54) is 0 Å². The van der Waals surface area contributed by atoms with Crippen LogP contribution in [0.1, 0.15) is 5.56 Å². The van der Waals surface area contributed by atoms with Crippen LogP contribution in [0.4, 0.5) is 11.4 Å². The van der Waals surface area contributed by atoms with Crippen molar-refractivity contribution in [3.63, 3.8) is 0 Å². The van der Waals surface area contributed by atoms with Gasteiger partial charge in [-0.2, -0.15) is 0 Å². The molecule has 1 aliphatic heterocycles. The summed E-state index contributed by atoms with van der Waals surface area (Å²) in [5.74, 6) is -0.00301. The van der Waals surface area contributed by atoms with E-state index in [2.05, 4.69) is 5.32 Å². The number of carbonyl (C=O) groups excluding carboxylic acids is 1. The molecule has 2 rings (SSSR count). The highest BCUT2D eigenvalue weighted by Crippen LogP contribution is 2.29. The minimum Gasteiger partial charge on any atom is -0.392 e. The average Bonchev–Trinajstić information content (AvgIpc) is 2.17. The zero-order chi connectivity index (χ0) is 10.1. The average molecular weight is 192 g/mol. The Morgan fingerprint density at radius 2 is 2.36 bits per heavy atom. The first-order valence-corrected chi connectivity index (χ1v) is 4.45. The molecular formula is C10H12N2O2. The third kappa shape index (κ3) is 1.44. The second-order valence-electron chi connectivity index (χ2n) is 3.41. The molecule has 1 amide bonds. The van der Waals surface area contributed by atoms with Crippen LogP contribution in [0, 0.1) is 0 Å². The Morgan fingerprint density at radius 3 is 3.07 bits per heavy atom. The lowest BCUT2D eigenvalue weighted by Crippen LogP contribution is -2.35. The summed E-state index contributed by atoms with van der Waals surface area (Å²) in [6.07, 6.45) is 0. The fraction of sp³-hybridized carbons (Fsp3) is 0.300. The Balaban J connectivity index is 2.44. The summed E-state index contributed by atoms with van der Waals surface area (Å²) in [5, 5.41) is 11.8. The monoisotopic (exact) mass is 192 g/mol. The molecule has 0 radical (unpaired) electrons. The van der Waals surface area contributed by atoms with E-state index in [0.29, 0.717) is 6.54 Å². The second-order valence-corrected chi connectivity index (χ2v) is 3.41. The fourth-order valence-electron chi connectivity index (χ4n) is 1.59. The van der Waals surface area contributed by atoms with Crippen molar-refractivity contribution in [2.45, 2.75) is 6.61 Å². The lowest BCUT2D eigenvalue weighted by Gasteiger charge is -2.27. The maximum atomic E-state index is 11.2. The number of aliphatic hydroxyl groups excluding tert-OH is 1. The molecule has 0 atom stereocenters. The molecule has 0 spiro atoms. The van der Waals surface area contributed by atoms with Gasteiger partial charge in [-0.3, -0.25) is 4.79 Å². The molecule has 2 N–H and O–H groups in total. The van der Waals surface area contributed by atoms with Gasteiger partial charge in [0.1, 0.15) is 0 Å². The van der Waals surface area contributed by atoms with Crippen LogP contribution in [0.5, 0.6) is 0 Å². The molecule has 4 heteroatoms. The van der Waals surface area contributed by atoms with Crippen molar-refractivity contribution in [1.82, 2.24) is 0 Å². The van der Waals surface area contributed by atoms with Crippen LogP contribution in [0.3, 0.4) is 0 Å². The second kappa shape index (κ2) is 3.31. The van der Waals surface area contributed by atoms with Gasteiger partial charge in [0.25, 0.3) is 0 Å². The number of hydrogen-bond donors (Lipinski definition) is 2. The first-order valence-electron chi connectivity index (χ1n) is 4.45. The number of hydrogen-bond acceptors (Lipinski definition) is 3. The van der Waals surface area contributed by atoms with Crippen molar-refractivity contribution in [1.29, 1.82) is 0 Å². The normalized spacial score (nSPS) is 15.0. The highest BCUT2D eigenvalue weighted by atomic mass is 16.3. The maximum absolute atomic E-state index is 11.2. The zero-order valence-electron chi connectivity index (χ0n) is 7.95. The number of nitrogens with zero attached hydrogens (tertiary/aromatic N) is 1. The van der Waals surface area contributed by atoms with Crippen molar-refractivity contribution in [2.24, 2.45) is 0 Å². The van der Waals surface area contributed by atoms with E-state index in [1.807, 2.05) is 24.1 Å². The number of nitrogens with one attached hydrogen (secondary N) is 1. The number of amides is 1. The minimum atomic E-state index is -0.00301. The molecular weight excluding hydrogens is 180 g/mol. The molecule has 0 saturated heterocycles. The Hall–Kier alpha value is -1.55. The molecule has 1 heterocycles. The molecule has 0 saturated carbocycles. The van der Waals surface area contributed by atoms with Crippen LogP contribution in [0.15, 0.2) is 18.2 Å². The van der Waals surface area contributed by atoms with E-state index >= 15 is 0 Å². The van der Waals surface area contributed by atoms with Gasteiger partial charge in [0, 0.05) is 7.05 Å². The van der Waals surface area contributed by atoms with Gasteiger partial charge in [-0.1, -0.05) is 6.07 Å². The fourth-order valence-corrected chi connectivity index (χ4v) is 1.59. The lowest BCUT2D eigenvalue weighted by molar-refractivity contribution is -0.115. The van der Waals surface area contributed by atoms with Crippen LogP contribution in [-0.2, 0) is 11.4 Å². The van der Waals surface area contributed by atoms with Gasteiger partial charge in [0.05, 0.1) is 24.5 Å². The molecule has 0 aliphatic carbocycles. The van der Waals surface area contributed by atoms with Crippen LogP contribution in [0.2, 0.25) is 0 Å². The number of anilines is 2. The molecule has 4 nitrogen and oxygen atoms in total. The van der Waals surface area contributed by atoms with E-state index < -0.39 is 0 Å². The van der Waals surface area contributed by atoms with Crippen LogP contribution in [-0.4, -0.2) is 24.6 Å². The lowest BCUT2D eigenvalue weighted by atomic mass is 10.1. The molecule has 0 bridgehead atoms. The Kier molecular flexibility index (Phi) is 2.13.